The van der Waals surface area contributed by atoms with Crippen molar-refractivity contribution < 1.29 is 62.2 Å². The van der Waals surface area contributed by atoms with Crippen LogP contribution in [-0.2, 0) is 36.8 Å². The SMILES string of the molecule is CC1=[C-]C(C)C=C1C(C)C.FC(F)(F)c1ccc([CH]=[Zr+2])cc1.[Cl-].[Cl-].[c-]1cccc2c1Cc1ccccc1-2. The van der Waals surface area contributed by atoms with Gasteiger partial charge < -0.3 is 24.8 Å². The van der Waals surface area contributed by atoms with E-state index >= 15 is 0 Å². The van der Waals surface area contributed by atoms with Gasteiger partial charge in [0.25, 0.3) is 0 Å². The second-order valence-corrected chi connectivity index (χ2v) is 9.70. The smallest absolute Gasteiger partial charge is 0.0253 e. The normalized spacial score (nSPS) is 14.8. The first-order valence-electron chi connectivity index (χ1n) is 11.7. The van der Waals surface area contributed by atoms with Crippen LogP contribution in [0.25, 0.3) is 11.1 Å². The molecule has 0 aliphatic heterocycles. The molecule has 0 spiro atoms. The minimum atomic E-state index is -4.22. The molecule has 5 rings (SSSR count). The average molecular weight is 621 g/mol. The van der Waals surface area contributed by atoms with Crippen LogP contribution in [0.4, 0.5) is 13.2 Å². The second-order valence-electron chi connectivity index (χ2n) is 9.00. The number of alkyl halides is 3. The van der Waals surface area contributed by atoms with Crippen LogP contribution in [0.2, 0.25) is 0 Å². The minimum absolute atomic E-state index is 0. The predicted octanol–water partition coefficient (Wildman–Crippen LogP) is 2.44. The number of fused-ring (bicyclic) bond motifs is 3. The predicted molar refractivity (Wildman–Crippen MR) is 135 cm³/mol. The van der Waals surface area contributed by atoms with Gasteiger partial charge >= 0.3 is 82.7 Å². The maximum absolute atomic E-state index is 12.0. The summed E-state index contributed by atoms with van der Waals surface area (Å²) in [5.74, 6) is 1.20. The zero-order chi connectivity index (χ0) is 25.6. The summed E-state index contributed by atoms with van der Waals surface area (Å²) >= 11 is 1.18. The van der Waals surface area contributed by atoms with Crippen molar-refractivity contribution in [2.75, 3.05) is 0 Å². The van der Waals surface area contributed by atoms with Gasteiger partial charge in [-0.15, -0.1) is 5.56 Å². The van der Waals surface area contributed by atoms with E-state index in [0.717, 1.165) is 24.1 Å². The molecule has 0 radical (unpaired) electrons. The van der Waals surface area contributed by atoms with E-state index in [1.165, 1.54) is 69.8 Å². The Morgan fingerprint density at radius 1 is 0.946 bits per heavy atom. The van der Waals surface area contributed by atoms with Gasteiger partial charge in [0, 0.05) is 0 Å². The van der Waals surface area contributed by atoms with Crippen molar-refractivity contribution in [3.8, 4) is 11.1 Å². The number of rotatable bonds is 2. The fourth-order valence-electron chi connectivity index (χ4n) is 4.25. The molecule has 1 atom stereocenters. The zero-order valence-electron chi connectivity index (χ0n) is 21.3. The number of allylic oxidation sites excluding steroid dienone is 4. The van der Waals surface area contributed by atoms with Crippen molar-refractivity contribution in [2.24, 2.45) is 11.8 Å². The molecule has 6 heteroatoms. The van der Waals surface area contributed by atoms with E-state index in [1.807, 2.05) is 9.78 Å². The van der Waals surface area contributed by atoms with Crippen LogP contribution < -0.4 is 24.8 Å². The molecule has 3 aromatic rings. The minimum Gasteiger partial charge on any atom is -1.00 e. The molecule has 3 aromatic carbocycles. The van der Waals surface area contributed by atoms with Crippen molar-refractivity contribution in [1.82, 2.24) is 0 Å². The van der Waals surface area contributed by atoms with Gasteiger partial charge in [-0.1, -0.05) is 74.9 Å². The Bertz CT molecular complexity index is 1180. The maximum atomic E-state index is 12.0. The molecular formula is C31H29Cl2F3Zr-2. The van der Waals surface area contributed by atoms with Crippen LogP contribution in [0.3, 0.4) is 0 Å². The van der Waals surface area contributed by atoms with Gasteiger partial charge in [-0.25, -0.2) is 5.57 Å². The van der Waals surface area contributed by atoms with Crippen molar-refractivity contribution in [2.45, 2.75) is 40.3 Å². The van der Waals surface area contributed by atoms with Gasteiger partial charge in [0.1, 0.15) is 0 Å². The fourth-order valence-corrected chi connectivity index (χ4v) is 4.73. The van der Waals surface area contributed by atoms with Gasteiger partial charge in [0.05, 0.1) is 0 Å². The summed E-state index contributed by atoms with van der Waals surface area (Å²) in [6.45, 7) is 8.79. The van der Waals surface area contributed by atoms with Gasteiger partial charge in [-0.05, 0) is 6.42 Å². The van der Waals surface area contributed by atoms with Crippen molar-refractivity contribution in [1.29, 1.82) is 0 Å². The van der Waals surface area contributed by atoms with Crippen LogP contribution in [0, 0.1) is 24.0 Å². The molecule has 0 saturated carbocycles. The van der Waals surface area contributed by atoms with Gasteiger partial charge in [-0.3, -0.25) is 6.08 Å². The Hall–Kier alpha value is -1.74. The molecule has 0 fully saturated rings. The summed E-state index contributed by atoms with van der Waals surface area (Å²) in [6.07, 6.45) is 2.50. The van der Waals surface area contributed by atoms with Crippen LogP contribution in [0.15, 0.2) is 84.0 Å². The first kappa shape index (κ1) is 33.3. The third-order valence-corrected chi connectivity index (χ3v) is 6.77. The Morgan fingerprint density at radius 2 is 1.57 bits per heavy atom. The van der Waals surface area contributed by atoms with Crippen LogP contribution in [0.1, 0.15) is 49.9 Å². The molecule has 0 heterocycles. The van der Waals surface area contributed by atoms with Gasteiger partial charge in [-0.2, -0.15) is 41.5 Å². The molecule has 194 valence electrons. The summed E-state index contributed by atoms with van der Waals surface area (Å²) < 4.78 is 37.9. The monoisotopic (exact) mass is 618 g/mol. The van der Waals surface area contributed by atoms with Crippen LogP contribution in [0.5, 0.6) is 0 Å². The molecule has 0 N–H and O–H groups in total. The third kappa shape index (κ3) is 9.20. The Labute approximate surface area is 246 Å². The van der Waals surface area contributed by atoms with E-state index in [1.54, 1.807) is 0 Å². The maximum Gasteiger partial charge on any atom is -0.0253 e. The molecular weight excluding hydrogens is 591 g/mol. The molecule has 2 aliphatic carbocycles. The summed E-state index contributed by atoms with van der Waals surface area (Å²) in [6, 6.07) is 23.2. The molecule has 2 aliphatic rings. The number of hydrogen-bond acceptors (Lipinski definition) is 0. The van der Waals surface area contributed by atoms with Gasteiger partial charge in [0.15, 0.2) is 0 Å². The first-order valence-corrected chi connectivity index (χ1v) is 13.1. The van der Waals surface area contributed by atoms with E-state index in [9.17, 15) is 13.2 Å². The second kappa shape index (κ2) is 15.0. The molecule has 37 heavy (non-hydrogen) atoms. The molecule has 0 bridgehead atoms. The van der Waals surface area contributed by atoms with E-state index in [0.29, 0.717) is 11.8 Å². The van der Waals surface area contributed by atoms with Gasteiger partial charge in [0.2, 0.25) is 0 Å². The summed E-state index contributed by atoms with van der Waals surface area (Å²) in [4.78, 5) is 0. The Balaban J connectivity index is 0.000000273. The van der Waals surface area contributed by atoms with Crippen LogP contribution >= 0.6 is 0 Å². The van der Waals surface area contributed by atoms with Crippen molar-refractivity contribution in [3.05, 3.63) is 118 Å². The molecule has 0 aromatic heterocycles. The molecule has 0 saturated heterocycles. The Morgan fingerprint density at radius 3 is 2.08 bits per heavy atom. The number of benzene rings is 3. The quantitative estimate of drug-likeness (QED) is 0.303. The first-order chi connectivity index (χ1) is 16.6. The van der Waals surface area contributed by atoms with Crippen LogP contribution in [-0.4, -0.2) is 3.71 Å². The number of hydrogen-bond donors (Lipinski definition) is 0. The summed E-state index contributed by atoms with van der Waals surface area (Å²) in [5.41, 5.74) is 8.58. The standard InChI is InChI=1S/C13H9.C10H15.C8H5F3.2ClH.Zr/c1-3-7-12-10(5-1)9-11-6-2-4-8-13(11)12;1-7(2)10-6-8(3)5-9(10)4;1-6-2-4-7(5-3-6)8(9,10)11;;;/h1-5,7-8H,9H2;6-8H,1-4H3;1-5H;2*1H;/q2*-1;;;;+2/p-2. The van der Waals surface area contributed by atoms with Crippen molar-refractivity contribution >= 4 is 3.71 Å². The molecule has 1 unspecified atom stereocenters. The van der Waals surface area contributed by atoms with E-state index in [-0.39, 0.29) is 24.8 Å². The largest absolute Gasteiger partial charge is 1.00 e. The average Bonchev–Trinajstić information content (AvgIpc) is 3.38. The molecule has 0 nitrogen and oxygen atoms in total. The van der Waals surface area contributed by atoms with E-state index in [4.69, 9.17) is 0 Å². The molecule has 0 amide bonds. The third-order valence-electron chi connectivity index (χ3n) is 5.95. The van der Waals surface area contributed by atoms with E-state index in [2.05, 4.69) is 82.3 Å². The number of halogens is 5. The Kier molecular flexibility index (Phi) is 13.5. The zero-order valence-corrected chi connectivity index (χ0v) is 25.2. The van der Waals surface area contributed by atoms with Crippen molar-refractivity contribution in [3.63, 3.8) is 0 Å². The summed E-state index contributed by atoms with van der Waals surface area (Å²) in [7, 11) is 0. The topological polar surface area (TPSA) is 0 Å². The summed E-state index contributed by atoms with van der Waals surface area (Å²) in [5, 5.41) is 0. The fraction of sp³-hybridized carbons (Fsp3) is 0.258. The van der Waals surface area contributed by atoms with E-state index < -0.39 is 11.7 Å².